The molecule has 0 aliphatic rings. The van der Waals surface area contributed by atoms with E-state index in [-0.39, 0.29) is 11.3 Å². The molecule has 0 heterocycles. The van der Waals surface area contributed by atoms with Crippen LogP contribution in [-0.4, -0.2) is 27.9 Å². The zero-order valence-corrected chi connectivity index (χ0v) is 15.3. The third-order valence-corrected chi connectivity index (χ3v) is 4.52. The minimum absolute atomic E-state index is 0.0188. The fraction of sp³-hybridized carbons (Fsp3) is 0.0909. The first-order valence-corrected chi connectivity index (χ1v) is 8.85. The number of non-ortho nitro benzene ring substituents is 1. The maximum absolute atomic E-state index is 12.7. The Morgan fingerprint density at radius 2 is 1.41 bits per heavy atom. The molecule has 29 heavy (non-hydrogen) atoms. The summed E-state index contributed by atoms with van der Waals surface area (Å²) in [6.07, 6.45) is 0. The van der Waals surface area contributed by atoms with Crippen LogP contribution in [0.5, 0.6) is 0 Å². The van der Waals surface area contributed by atoms with Crippen molar-refractivity contribution in [2.24, 2.45) is 0 Å². The second kappa shape index (κ2) is 8.79. The van der Waals surface area contributed by atoms with Crippen LogP contribution >= 0.6 is 0 Å². The molecule has 3 rings (SSSR count). The van der Waals surface area contributed by atoms with E-state index in [1.165, 1.54) is 18.2 Å². The van der Waals surface area contributed by atoms with Crippen LogP contribution in [0.3, 0.4) is 0 Å². The summed E-state index contributed by atoms with van der Waals surface area (Å²) in [5.74, 6) is -2.54. The van der Waals surface area contributed by atoms with Crippen LogP contribution in [0.25, 0.3) is 0 Å². The zero-order valence-electron chi connectivity index (χ0n) is 15.3. The lowest BCUT2D eigenvalue weighted by Gasteiger charge is -2.26. The third kappa shape index (κ3) is 4.65. The number of rotatable bonds is 7. The number of carbonyl (C=O) groups is 2. The molecule has 7 nitrogen and oxygen atoms in total. The zero-order chi connectivity index (χ0) is 20.8. The number of benzene rings is 3. The Kier molecular flexibility index (Phi) is 5.99. The average Bonchev–Trinajstić information content (AvgIpc) is 2.74. The molecule has 0 bridgehead atoms. The van der Waals surface area contributed by atoms with Crippen molar-refractivity contribution in [1.82, 2.24) is 5.32 Å². The summed E-state index contributed by atoms with van der Waals surface area (Å²) < 4.78 is 0. The van der Waals surface area contributed by atoms with Gasteiger partial charge in [0.15, 0.2) is 0 Å². The molecule has 0 fully saturated rings. The number of carbonyl (C=O) groups excluding carboxylic acids is 1. The largest absolute Gasteiger partial charge is 0.480 e. The molecule has 0 unspecified atom stereocenters. The molecule has 7 heteroatoms. The van der Waals surface area contributed by atoms with Gasteiger partial charge in [-0.05, 0) is 17.2 Å². The predicted octanol–water partition coefficient (Wildman–Crippen LogP) is 3.61. The van der Waals surface area contributed by atoms with Crippen molar-refractivity contribution in [3.05, 3.63) is 112 Å². The van der Waals surface area contributed by atoms with E-state index in [4.69, 9.17) is 0 Å². The molecular weight excluding hydrogens is 372 g/mol. The third-order valence-electron chi connectivity index (χ3n) is 4.52. The first-order valence-electron chi connectivity index (χ1n) is 8.85. The van der Waals surface area contributed by atoms with Crippen LogP contribution < -0.4 is 5.32 Å². The number of nitro groups is 1. The first-order chi connectivity index (χ1) is 14.0. The minimum Gasteiger partial charge on any atom is -0.480 e. The summed E-state index contributed by atoms with van der Waals surface area (Å²) >= 11 is 0. The Bertz CT molecular complexity index is 982. The lowest BCUT2D eigenvalue weighted by Crippen LogP contribution is -2.45. The summed E-state index contributed by atoms with van der Waals surface area (Å²) in [6, 6.07) is 21.9. The lowest BCUT2D eigenvalue weighted by atomic mass is 9.85. The number of amides is 1. The molecule has 0 aliphatic heterocycles. The molecule has 3 aromatic rings. The van der Waals surface area contributed by atoms with Crippen molar-refractivity contribution in [2.45, 2.75) is 12.0 Å². The van der Waals surface area contributed by atoms with E-state index in [9.17, 15) is 24.8 Å². The van der Waals surface area contributed by atoms with Gasteiger partial charge in [-0.3, -0.25) is 14.9 Å². The van der Waals surface area contributed by atoms with Crippen molar-refractivity contribution >= 4 is 17.6 Å². The van der Waals surface area contributed by atoms with E-state index in [0.29, 0.717) is 0 Å². The highest BCUT2D eigenvalue weighted by Crippen LogP contribution is 2.28. The van der Waals surface area contributed by atoms with Gasteiger partial charge in [0, 0.05) is 23.6 Å². The standard InChI is InChI=1S/C22H18N2O5/c25-21(17-12-7-13-18(14-17)24(28)29)23-20(22(26)27)19(15-8-3-1-4-9-15)16-10-5-2-6-11-16/h1-14,19-20H,(H,23,25)(H,26,27)/t20-/m1/s1. The normalized spacial score (nSPS) is 11.6. The Balaban J connectivity index is 1.98. The van der Waals surface area contributed by atoms with E-state index in [1.807, 2.05) is 12.1 Å². The van der Waals surface area contributed by atoms with Crippen molar-refractivity contribution in [2.75, 3.05) is 0 Å². The van der Waals surface area contributed by atoms with Crippen molar-refractivity contribution in [3.8, 4) is 0 Å². The van der Waals surface area contributed by atoms with Gasteiger partial charge in [-0.1, -0.05) is 66.7 Å². The smallest absolute Gasteiger partial charge is 0.327 e. The Hall–Kier alpha value is -4.00. The van der Waals surface area contributed by atoms with Gasteiger partial charge >= 0.3 is 5.97 Å². The first kappa shape index (κ1) is 19.8. The van der Waals surface area contributed by atoms with Crippen LogP contribution in [0, 0.1) is 10.1 Å². The van der Waals surface area contributed by atoms with E-state index in [0.717, 1.165) is 17.2 Å². The van der Waals surface area contributed by atoms with E-state index >= 15 is 0 Å². The monoisotopic (exact) mass is 390 g/mol. The summed E-state index contributed by atoms with van der Waals surface area (Å²) in [5, 5.41) is 23.4. The quantitative estimate of drug-likeness (QED) is 0.473. The molecule has 0 aliphatic carbocycles. The van der Waals surface area contributed by atoms with Crippen LogP contribution in [0.15, 0.2) is 84.9 Å². The van der Waals surface area contributed by atoms with Crippen LogP contribution in [0.2, 0.25) is 0 Å². The van der Waals surface area contributed by atoms with E-state index in [2.05, 4.69) is 5.32 Å². The number of nitrogens with zero attached hydrogens (tertiary/aromatic N) is 1. The maximum Gasteiger partial charge on any atom is 0.327 e. The van der Waals surface area contributed by atoms with Gasteiger partial charge in [0.2, 0.25) is 0 Å². The Morgan fingerprint density at radius 3 is 1.90 bits per heavy atom. The number of nitrogens with one attached hydrogen (secondary N) is 1. The molecule has 0 saturated heterocycles. The second-order valence-electron chi connectivity index (χ2n) is 6.40. The molecule has 0 radical (unpaired) electrons. The molecule has 3 aromatic carbocycles. The lowest BCUT2D eigenvalue weighted by molar-refractivity contribution is -0.384. The van der Waals surface area contributed by atoms with Crippen LogP contribution in [-0.2, 0) is 4.79 Å². The van der Waals surface area contributed by atoms with Gasteiger partial charge in [-0.2, -0.15) is 0 Å². The predicted molar refractivity (Wildman–Crippen MR) is 107 cm³/mol. The van der Waals surface area contributed by atoms with Crippen molar-refractivity contribution < 1.29 is 19.6 Å². The number of carboxylic acid groups (broad SMARTS) is 1. The minimum atomic E-state index is -1.27. The SMILES string of the molecule is O=C(N[C@@H](C(=O)O)C(c1ccccc1)c1ccccc1)c1cccc([N+](=O)[O-])c1. The average molecular weight is 390 g/mol. The highest BCUT2D eigenvalue weighted by atomic mass is 16.6. The number of hydrogen-bond acceptors (Lipinski definition) is 4. The number of nitro benzene ring substituents is 1. The van der Waals surface area contributed by atoms with Crippen molar-refractivity contribution in [3.63, 3.8) is 0 Å². The second-order valence-corrected chi connectivity index (χ2v) is 6.40. The number of carboxylic acids is 1. The summed E-state index contributed by atoms with van der Waals surface area (Å²) in [5.41, 5.74) is 1.23. The molecule has 2 N–H and O–H groups in total. The molecule has 0 saturated carbocycles. The maximum atomic E-state index is 12.7. The number of hydrogen-bond donors (Lipinski definition) is 2. The molecule has 146 valence electrons. The van der Waals surface area contributed by atoms with Crippen molar-refractivity contribution in [1.29, 1.82) is 0 Å². The van der Waals surface area contributed by atoms with Gasteiger partial charge < -0.3 is 10.4 Å². The van der Waals surface area contributed by atoms with E-state index < -0.39 is 28.8 Å². The summed E-state index contributed by atoms with van der Waals surface area (Å²) in [7, 11) is 0. The highest BCUT2D eigenvalue weighted by Gasteiger charge is 2.32. The summed E-state index contributed by atoms with van der Waals surface area (Å²) in [6.45, 7) is 0. The number of aliphatic carboxylic acids is 1. The molecular formula is C22H18N2O5. The van der Waals surface area contributed by atoms with Gasteiger partial charge in [-0.15, -0.1) is 0 Å². The Labute approximate surface area is 166 Å². The highest BCUT2D eigenvalue weighted by molar-refractivity contribution is 5.97. The summed E-state index contributed by atoms with van der Waals surface area (Å²) in [4.78, 5) is 35.2. The Morgan fingerprint density at radius 1 is 0.862 bits per heavy atom. The van der Waals surface area contributed by atoms with Crippen LogP contribution in [0.1, 0.15) is 27.4 Å². The topological polar surface area (TPSA) is 110 Å². The van der Waals surface area contributed by atoms with Gasteiger partial charge in [-0.25, -0.2) is 4.79 Å². The fourth-order valence-electron chi connectivity index (χ4n) is 3.17. The van der Waals surface area contributed by atoms with Gasteiger partial charge in [0.1, 0.15) is 6.04 Å². The van der Waals surface area contributed by atoms with Gasteiger partial charge in [0.25, 0.3) is 11.6 Å². The van der Waals surface area contributed by atoms with E-state index in [1.54, 1.807) is 48.5 Å². The fourth-order valence-corrected chi connectivity index (χ4v) is 3.17. The van der Waals surface area contributed by atoms with Gasteiger partial charge in [0.05, 0.1) is 4.92 Å². The van der Waals surface area contributed by atoms with Crippen LogP contribution in [0.4, 0.5) is 5.69 Å². The molecule has 1 amide bonds. The molecule has 0 aromatic heterocycles. The molecule has 1 atom stereocenters. The molecule has 0 spiro atoms.